The number of hydrogen-bond acceptors (Lipinski definition) is 6. The second kappa shape index (κ2) is 12.6. The van der Waals surface area contributed by atoms with Crippen LogP contribution in [0, 0.1) is 0 Å². The Kier molecular flexibility index (Phi) is 9.53. The van der Waals surface area contributed by atoms with Crippen molar-refractivity contribution in [3.63, 3.8) is 0 Å². The molecular weight excluding hydrogens is 547 g/mol. The van der Waals surface area contributed by atoms with E-state index in [4.69, 9.17) is 15.6 Å². The maximum absolute atomic E-state index is 12.8. The van der Waals surface area contributed by atoms with Crippen LogP contribution in [0.4, 0.5) is 22.0 Å². The van der Waals surface area contributed by atoms with Crippen LogP contribution in [0.25, 0.3) is 21.6 Å². The minimum Gasteiger partial charge on any atom is -0.475 e. The first kappa shape index (κ1) is 29.4. The monoisotopic (exact) mass is 570 g/mol. The molecule has 0 atom stereocenters. The second-order valence-corrected chi connectivity index (χ2v) is 9.17. The van der Waals surface area contributed by atoms with Crippen LogP contribution in [-0.2, 0) is 24.4 Å². The lowest BCUT2D eigenvalue weighted by Gasteiger charge is -2.02. The van der Waals surface area contributed by atoms with Crippen LogP contribution in [0.5, 0.6) is 0 Å². The third-order valence-electron chi connectivity index (χ3n) is 5.34. The van der Waals surface area contributed by atoms with Gasteiger partial charge in [0.05, 0.1) is 19.3 Å². The summed E-state index contributed by atoms with van der Waals surface area (Å²) in [5, 5.41) is 15.4. The Morgan fingerprint density at radius 2 is 1.69 bits per heavy atom. The van der Waals surface area contributed by atoms with Gasteiger partial charge in [-0.15, -0.1) is 11.3 Å². The highest BCUT2D eigenvalue weighted by Gasteiger charge is 2.38. The zero-order chi connectivity index (χ0) is 28.7. The molecular formula is C24H23F5N6O3S. The molecule has 0 saturated heterocycles. The largest absolute Gasteiger partial charge is 0.490 e. The fourth-order valence-corrected chi connectivity index (χ4v) is 4.28. The molecule has 4 rings (SSSR count). The lowest BCUT2D eigenvalue weighted by atomic mass is 10.1. The number of carbonyl (C=O) groups is 1. The first-order chi connectivity index (χ1) is 18.4. The summed E-state index contributed by atoms with van der Waals surface area (Å²) in [5.74, 6) is -2.76. The molecule has 0 aliphatic heterocycles. The fraction of sp³-hybridized carbons (Fsp3) is 0.250. The van der Waals surface area contributed by atoms with E-state index in [0.29, 0.717) is 6.54 Å². The van der Waals surface area contributed by atoms with E-state index in [2.05, 4.69) is 34.5 Å². The highest BCUT2D eigenvalue weighted by Crippen LogP contribution is 2.30. The van der Waals surface area contributed by atoms with E-state index in [1.807, 2.05) is 36.1 Å². The smallest absolute Gasteiger partial charge is 0.475 e. The third-order valence-corrected chi connectivity index (χ3v) is 6.46. The van der Waals surface area contributed by atoms with Crippen LogP contribution in [0.1, 0.15) is 11.8 Å². The van der Waals surface area contributed by atoms with Gasteiger partial charge >= 0.3 is 17.8 Å². The summed E-state index contributed by atoms with van der Waals surface area (Å²) in [7, 11) is 0. The molecule has 208 valence electrons. The zero-order valence-corrected chi connectivity index (χ0v) is 21.2. The summed E-state index contributed by atoms with van der Waals surface area (Å²) in [6.45, 7) is 2.55. The van der Waals surface area contributed by atoms with Crippen LogP contribution in [-0.4, -0.2) is 47.9 Å². The van der Waals surface area contributed by atoms with E-state index in [0.717, 1.165) is 37.7 Å². The summed E-state index contributed by atoms with van der Waals surface area (Å²) in [4.78, 5) is 23.4. The first-order valence-corrected chi connectivity index (χ1v) is 12.1. The van der Waals surface area contributed by atoms with Gasteiger partial charge in [0.25, 0.3) is 6.08 Å². The topological polar surface area (TPSA) is 121 Å². The van der Waals surface area contributed by atoms with Gasteiger partial charge in [0.2, 0.25) is 0 Å². The maximum atomic E-state index is 12.8. The Morgan fingerprint density at radius 1 is 1.05 bits per heavy atom. The van der Waals surface area contributed by atoms with Gasteiger partial charge in [0, 0.05) is 40.2 Å². The number of carboxylic acid groups (broad SMARTS) is 1. The van der Waals surface area contributed by atoms with Gasteiger partial charge in [-0.05, 0) is 30.2 Å². The Bertz CT molecular complexity index is 1500. The molecule has 1 aromatic carbocycles. The summed E-state index contributed by atoms with van der Waals surface area (Å²) in [6, 6.07) is 12.2. The molecule has 39 heavy (non-hydrogen) atoms. The Balaban J connectivity index is 0.000000532. The molecule has 3 aromatic heterocycles. The molecule has 15 heteroatoms. The fourth-order valence-electron chi connectivity index (χ4n) is 3.27. The summed E-state index contributed by atoms with van der Waals surface area (Å²) >= 11 is 1.57. The van der Waals surface area contributed by atoms with Crippen molar-refractivity contribution in [1.82, 2.24) is 24.1 Å². The number of carboxylic acids is 1. The molecule has 9 nitrogen and oxygen atoms in total. The van der Waals surface area contributed by atoms with Crippen molar-refractivity contribution < 1.29 is 31.9 Å². The highest BCUT2D eigenvalue weighted by molar-refractivity contribution is 7.15. The van der Waals surface area contributed by atoms with E-state index in [1.165, 1.54) is 10.9 Å². The summed E-state index contributed by atoms with van der Waals surface area (Å²) in [6.07, 6.45) is -1.72. The predicted octanol–water partition coefficient (Wildman–Crippen LogP) is 4.45. The summed E-state index contributed by atoms with van der Waals surface area (Å²) in [5.41, 5.74) is 7.80. The van der Waals surface area contributed by atoms with Crippen molar-refractivity contribution in [3.05, 3.63) is 82.1 Å². The number of hydrogen-bond donors (Lipinski definition) is 2. The molecule has 0 aliphatic rings. The van der Waals surface area contributed by atoms with Crippen molar-refractivity contribution >= 4 is 17.3 Å². The Labute approximate surface area is 222 Å². The van der Waals surface area contributed by atoms with Gasteiger partial charge in [0.1, 0.15) is 6.33 Å². The number of benzene rings is 1. The molecule has 0 saturated carbocycles. The Hall–Kier alpha value is -4.11. The van der Waals surface area contributed by atoms with Crippen LogP contribution in [0.15, 0.2) is 71.6 Å². The van der Waals surface area contributed by atoms with Gasteiger partial charge in [0.15, 0.2) is 0 Å². The molecule has 0 fully saturated rings. The average molecular weight is 571 g/mol. The number of thiophene rings is 1. The number of aromatic nitrogens is 5. The van der Waals surface area contributed by atoms with E-state index in [-0.39, 0.29) is 18.7 Å². The average Bonchev–Trinajstić information content (AvgIpc) is 3.64. The normalized spacial score (nSPS) is 11.2. The van der Waals surface area contributed by atoms with Crippen LogP contribution < -0.4 is 11.4 Å². The molecule has 0 bridgehead atoms. The predicted molar refractivity (Wildman–Crippen MR) is 134 cm³/mol. The molecule has 0 unspecified atom stereocenters. The van der Waals surface area contributed by atoms with E-state index in [9.17, 15) is 26.7 Å². The second-order valence-electron chi connectivity index (χ2n) is 8.00. The van der Waals surface area contributed by atoms with Gasteiger partial charge in [-0.2, -0.15) is 32.1 Å². The number of halogens is 5. The van der Waals surface area contributed by atoms with Crippen LogP contribution >= 0.6 is 11.3 Å². The van der Waals surface area contributed by atoms with Crippen molar-refractivity contribution in [2.75, 3.05) is 6.54 Å². The molecule has 0 amide bonds. The Morgan fingerprint density at radius 3 is 2.23 bits per heavy atom. The van der Waals surface area contributed by atoms with Crippen molar-refractivity contribution in [3.8, 4) is 21.6 Å². The molecule has 3 N–H and O–H groups in total. The van der Waals surface area contributed by atoms with Crippen molar-refractivity contribution in [1.29, 1.82) is 0 Å². The maximum Gasteiger partial charge on any atom is 0.490 e. The zero-order valence-electron chi connectivity index (χ0n) is 20.4. The lowest BCUT2D eigenvalue weighted by Crippen LogP contribution is -2.27. The number of nitrogens with zero attached hydrogens (tertiary/aromatic N) is 5. The van der Waals surface area contributed by atoms with Crippen molar-refractivity contribution in [2.24, 2.45) is 5.73 Å². The van der Waals surface area contributed by atoms with Crippen molar-refractivity contribution in [2.45, 2.75) is 32.7 Å². The van der Waals surface area contributed by atoms with Crippen LogP contribution in [0.2, 0.25) is 0 Å². The van der Waals surface area contributed by atoms with Gasteiger partial charge < -0.3 is 10.8 Å². The lowest BCUT2D eigenvalue weighted by molar-refractivity contribution is -0.192. The minimum atomic E-state index is -5.08. The number of nitrogens with two attached hydrogens (primary N) is 1. The number of aliphatic carboxylic acids is 1. The number of alkyl halides is 3. The van der Waals surface area contributed by atoms with Gasteiger partial charge in [-0.25, -0.2) is 14.3 Å². The van der Waals surface area contributed by atoms with E-state index in [1.54, 1.807) is 11.3 Å². The standard InChI is InChI=1S/C22H22F2N6OS.C2HF3O2/c1-2-29-11-18(10-26-29)15-3-5-16(6-4-15)20-8-7-19(32-20)13-28-14-27-30(22(28)31)12-17(9-25)21(23)24;3-2(4,5)1(6)7/h3-8,10-11,14H,2,9,12-13,25H2,1H3;(H,6,7). The van der Waals surface area contributed by atoms with E-state index >= 15 is 0 Å². The summed E-state index contributed by atoms with van der Waals surface area (Å²) < 4.78 is 61.7. The van der Waals surface area contributed by atoms with Gasteiger partial charge in [-0.3, -0.25) is 9.25 Å². The molecule has 0 radical (unpaired) electrons. The SMILES string of the molecule is CCn1cc(-c2ccc(-c3ccc(Cn4cnn(CC(CN)=C(F)F)c4=O)s3)cc2)cn1.O=C(O)C(F)(F)F. The van der Waals surface area contributed by atoms with Gasteiger partial charge in [-0.1, -0.05) is 24.3 Å². The number of aryl methyl sites for hydroxylation is 1. The third kappa shape index (κ3) is 7.70. The molecule has 0 aliphatic carbocycles. The number of rotatable bonds is 8. The van der Waals surface area contributed by atoms with E-state index < -0.39 is 23.9 Å². The minimum absolute atomic E-state index is 0.304. The van der Waals surface area contributed by atoms with Crippen LogP contribution in [0.3, 0.4) is 0 Å². The highest BCUT2D eigenvalue weighted by atomic mass is 32.1. The molecule has 3 heterocycles. The quantitative estimate of drug-likeness (QED) is 0.302. The first-order valence-electron chi connectivity index (χ1n) is 11.3. The molecule has 0 spiro atoms. The molecule has 4 aromatic rings.